The summed E-state index contributed by atoms with van der Waals surface area (Å²) in [7, 11) is 3.00. The number of esters is 2. The van der Waals surface area contributed by atoms with Crippen molar-refractivity contribution in [2.75, 3.05) is 27.4 Å². The lowest BCUT2D eigenvalue weighted by molar-refractivity contribution is -0.591. The Morgan fingerprint density at radius 1 is 0.881 bits per heavy atom. The van der Waals surface area contributed by atoms with E-state index in [1.165, 1.54) is 14.2 Å². The third kappa shape index (κ3) is 4.23. The summed E-state index contributed by atoms with van der Waals surface area (Å²) in [6.45, 7) is 3.07. The molecule has 2 heterocycles. The van der Waals surface area contributed by atoms with Gasteiger partial charge in [0.2, 0.25) is 5.54 Å². The second-order valence-corrected chi connectivity index (χ2v) is 9.99. The van der Waals surface area contributed by atoms with Crippen LogP contribution in [0, 0.1) is 10.1 Å². The summed E-state index contributed by atoms with van der Waals surface area (Å²) in [6, 6.07) is 18.9. The number of nitrogens with zero attached hydrogens (tertiary/aromatic N) is 1. The van der Waals surface area contributed by atoms with Gasteiger partial charge in [0.25, 0.3) is 5.54 Å². The lowest BCUT2D eigenvalue weighted by Gasteiger charge is -2.43. The molecule has 1 saturated heterocycles. The zero-order valence-electron chi connectivity index (χ0n) is 23.7. The Hall–Kier alpha value is -4.64. The fourth-order valence-corrected chi connectivity index (χ4v) is 6.27. The van der Waals surface area contributed by atoms with Crippen molar-refractivity contribution in [1.29, 1.82) is 0 Å². The minimum absolute atomic E-state index is 0.0657. The number of benzene rings is 3. The quantitative estimate of drug-likeness (QED) is 0.171. The normalized spacial score (nSPS) is 23.5. The van der Waals surface area contributed by atoms with E-state index in [0.29, 0.717) is 22.6 Å². The fourth-order valence-electron chi connectivity index (χ4n) is 6.27. The Balaban J connectivity index is 1.91. The van der Waals surface area contributed by atoms with E-state index in [-0.39, 0.29) is 24.5 Å². The predicted octanol–water partition coefficient (Wildman–Crippen LogP) is 4.15. The van der Waals surface area contributed by atoms with E-state index in [9.17, 15) is 19.7 Å². The van der Waals surface area contributed by atoms with Crippen LogP contribution in [0.15, 0.2) is 72.8 Å². The topological polar surface area (TPSA) is 135 Å². The summed E-state index contributed by atoms with van der Waals surface area (Å²) >= 11 is 0. The maximum atomic E-state index is 14.0. The zero-order valence-corrected chi connectivity index (χ0v) is 23.7. The standard InChI is InChI=1S/C31H32N2O9/c1-5-40-28(34)30(29(35)41-6-2)25-23-17-16-22(39-4)18-24(23)42-27(20-12-14-21(38-3)15-13-20)31(25,33(36)37)26(32-30)19-10-8-7-9-11-19/h7-18,25-27,32H,5-6H2,1-4H3/t25-,26+,27-,31+/m0/s1. The second-order valence-electron chi connectivity index (χ2n) is 9.99. The summed E-state index contributed by atoms with van der Waals surface area (Å²) in [5, 5.41) is 16.9. The van der Waals surface area contributed by atoms with Gasteiger partial charge in [-0.15, -0.1) is 0 Å². The third-order valence-electron chi connectivity index (χ3n) is 7.99. The molecule has 5 rings (SSSR count). The molecule has 1 fully saturated rings. The van der Waals surface area contributed by atoms with Crippen molar-refractivity contribution in [3.63, 3.8) is 0 Å². The van der Waals surface area contributed by atoms with Crippen molar-refractivity contribution in [2.45, 2.75) is 43.0 Å². The monoisotopic (exact) mass is 576 g/mol. The number of carbonyl (C=O) groups excluding carboxylic acids is 2. The molecule has 3 aromatic rings. The van der Waals surface area contributed by atoms with Crippen molar-refractivity contribution in [1.82, 2.24) is 5.32 Å². The van der Waals surface area contributed by atoms with Gasteiger partial charge in [-0.25, -0.2) is 9.59 Å². The largest absolute Gasteiger partial charge is 0.497 e. The molecule has 0 saturated carbocycles. The maximum Gasteiger partial charge on any atom is 0.339 e. The first-order valence-electron chi connectivity index (χ1n) is 13.6. The number of hydrogen-bond acceptors (Lipinski definition) is 10. The van der Waals surface area contributed by atoms with Gasteiger partial charge in [-0.3, -0.25) is 15.4 Å². The number of carbonyl (C=O) groups is 2. The zero-order chi connectivity index (χ0) is 30.1. The van der Waals surface area contributed by atoms with Crippen LogP contribution in [-0.2, 0) is 19.1 Å². The highest BCUT2D eigenvalue weighted by atomic mass is 16.6. The van der Waals surface area contributed by atoms with E-state index in [1.54, 1.807) is 86.6 Å². The molecule has 220 valence electrons. The first-order valence-corrected chi connectivity index (χ1v) is 13.6. The minimum Gasteiger partial charge on any atom is -0.497 e. The van der Waals surface area contributed by atoms with E-state index in [4.69, 9.17) is 23.7 Å². The predicted molar refractivity (Wildman–Crippen MR) is 150 cm³/mol. The summed E-state index contributed by atoms with van der Waals surface area (Å²) in [5.41, 5.74) is -3.25. The Morgan fingerprint density at radius 3 is 2.02 bits per heavy atom. The molecule has 0 aliphatic carbocycles. The number of fused-ring (bicyclic) bond motifs is 3. The van der Waals surface area contributed by atoms with Crippen LogP contribution in [0.25, 0.3) is 0 Å². The van der Waals surface area contributed by atoms with E-state index >= 15 is 0 Å². The van der Waals surface area contributed by atoms with Crippen LogP contribution in [0.5, 0.6) is 17.2 Å². The van der Waals surface area contributed by atoms with Gasteiger partial charge in [0.15, 0.2) is 6.10 Å². The Kier molecular flexibility index (Phi) is 7.79. The van der Waals surface area contributed by atoms with Crippen molar-refractivity contribution in [2.24, 2.45) is 0 Å². The van der Waals surface area contributed by atoms with E-state index in [1.807, 2.05) is 0 Å². The van der Waals surface area contributed by atoms with Gasteiger partial charge in [0.1, 0.15) is 29.2 Å². The number of rotatable bonds is 9. The summed E-state index contributed by atoms with van der Waals surface area (Å²) in [5.74, 6) is -2.18. The van der Waals surface area contributed by atoms with E-state index in [2.05, 4.69) is 5.32 Å². The van der Waals surface area contributed by atoms with Crippen LogP contribution < -0.4 is 19.5 Å². The number of ether oxygens (including phenoxy) is 5. The summed E-state index contributed by atoms with van der Waals surface area (Å²) < 4.78 is 28.2. The van der Waals surface area contributed by atoms with Gasteiger partial charge in [-0.05, 0) is 37.6 Å². The highest BCUT2D eigenvalue weighted by molar-refractivity contribution is 6.07. The average Bonchev–Trinajstić information content (AvgIpc) is 3.36. The summed E-state index contributed by atoms with van der Waals surface area (Å²) in [6.07, 6.45) is -1.29. The number of methoxy groups -OCH3 is 2. The van der Waals surface area contributed by atoms with Crippen molar-refractivity contribution in [3.8, 4) is 17.2 Å². The molecular weight excluding hydrogens is 544 g/mol. The molecular formula is C31H32N2O9. The SMILES string of the molecule is CCOC(=O)C1(C(=O)OCC)N[C@H](c2ccccc2)[C@@]2([N+](=O)[O-])[C@H](c3ccc(OC)cc3)Oc3cc(OC)ccc3[C@@H]12. The van der Waals surface area contributed by atoms with Crippen LogP contribution in [0.1, 0.15) is 48.6 Å². The number of nitro groups is 1. The Labute approximate surface area is 242 Å². The van der Waals surface area contributed by atoms with Gasteiger partial charge in [0.05, 0.1) is 27.4 Å². The molecule has 2 aliphatic heterocycles. The number of hydrogen-bond donors (Lipinski definition) is 1. The van der Waals surface area contributed by atoms with Crippen molar-refractivity contribution >= 4 is 11.9 Å². The molecule has 11 nitrogen and oxygen atoms in total. The van der Waals surface area contributed by atoms with Crippen LogP contribution in [0.2, 0.25) is 0 Å². The Bertz CT molecular complexity index is 1460. The van der Waals surface area contributed by atoms with Crippen LogP contribution in [0.4, 0.5) is 0 Å². The van der Waals surface area contributed by atoms with Crippen LogP contribution in [0.3, 0.4) is 0 Å². The van der Waals surface area contributed by atoms with Crippen molar-refractivity contribution < 1.29 is 38.2 Å². The van der Waals surface area contributed by atoms with Gasteiger partial charge < -0.3 is 23.7 Å². The lowest BCUT2D eigenvalue weighted by atomic mass is 9.63. The minimum atomic E-state index is -2.29. The van der Waals surface area contributed by atoms with Crippen LogP contribution in [-0.4, -0.2) is 55.4 Å². The first kappa shape index (κ1) is 28.9. The van der Waals surface area contributed by atoms with Crippen LogP contribution >= 0.6 is 0 Å². The molecule has 11 heteroatoms. The Morgan fingerprint density at radius 2 is 1.48 bits per heavy atom. The lowest BCUT2D eigenvalue weighted by Crippen LogP contribution is -2.62. The molecule has 3 aromatic carbocycles. The molecule has 0 bridgehead atoms. The summed E-state index contributed by atoms with van der Waals surface area (Å²) in [4.78, 5) is 41.4. The molecule has 0 radical (unpaired) electrons. The van der Waals surface area contributed by atoms with E-state index < -0.39 is 46.0 Å². The van der Waals surface area contributed by atoms with Gasteiger partial charge >= 0.3 is 11.9 Å². The van der Waals surface area contributed by atoms with Gasteiger partial charge in [-0.2, -0.15) is 0 Å². The molecule has 0 amide bonds. The average molecular weight is 577 g/mol. The van der Waals surface area contributed by atoms with E-state index in [0.717, 1.165) is 0 Å². The molecule has 0 spiro atoms. The second kappa shape index (κ2) is 11.3. The highest BCUT2D eigenvalue weighted by Gasteiger charge is 2.82. The smallest absolute Gasteiger partial charge is 0.339 e. The molecule has 0 unspecified atom stereocenters. The molecule has 42 heavy (non-hydrogen) atoms. The molecule has 4 atom stereocenters. The highest BCUT2D eigenvalue weighted by Crippen LogP contribution is 2.64. The van der Waals surface area contributed by atoms with Crippen molar-refractivity contribution in [3.05, 3.63) is 99.6 Å². The number of nitrogens with one attached hydrogen (secondary N) is 1. The van der Waals surface area contributed by atoms with Gasteiger partial charge in [-0.1, -0.05) is 48.5 Å². The van der Waals surface area contributed by atoms with Gasteiger partial charge in [0, 0.05) is 22.1 Å². The molecule has 1 N–H and O–H groups in total. The first-order chi connectivity index (χ1) is 20.3. The molecule has 2 aliphatic rings. The third-order valence-corrected chi connectivity index (χ3v) is 7.99. The maximum absolute atomic E-state index is 14.0. The molecule has 0 aromatic heterocycles. The fraction of sp³-hybridized carbons (Fsp3) is 0.355.